The van der Waals surface area contributed by atoms with Crippen LogP contribution in [0.3, 0.4) is 0 Å². The van der Waals surface area contributed by atoms with Crippen molar-refractivity contribution in [3.05, 3.63) is 172 Å². The monoisotopic (exact) mass is 702 g/mol. The molecule has 6 aromatic carbocycles. The van der Waals surface area contributed by atoms with Crippen LogP contribution in [-0.2, 0) is 23.8 Å². The second kappa shape index (κ2) is 11.9. The summed E-state index contributed by atoms with van der Waals surface area (Å²) in [4.78, 5) is 0. The molecule has 216 valence electrons. The van der Waals surface area contributed by atoms with Crippen LogP contribution in [0.25, 0.3) is 33.0 Å². The first-order chi connectivity index (χ1) is 20.7. The predicted molar refractivity (Wildman–Crippen MR) is 194 cm³/mol. The van der Waals surface area contributed by atoms with E-state index in [4.69, 9.17) is 0 Å². The molecule has 0 aliphatic heterocycles. The third-order valence-electron chi connectivity index (χ3n) is 9.90. The van der Waals surface area contributed by atoms with E-state index in [-0.39, 0.29) is 24.8 Å². The van der Waals surface area contributed by atoms with E-state index < -0.39 is 17.4 Å². The van der Waals surface area contributed by atoms with Crippen LogP contribution in [0.4, 0.5) is 0 Å². The minimum absolute atomic E-state index is 0. The molecule has 2 aliphatic rings. The molecule has 0 radical (unpaired) electrons. The van der Waals surface area contributed by atoms with E-state index in [2.05, 4.69) is 165 Å². The average Bonchev–Trinajstić information content (AvgIpc) is 3.74. The summed E-state index contributed by atoms with van der Waals surface area (Å²) >= 11 is -4.55. The standard InChI is InChI=1S/C23H15.2C6H5.C5H5.2ClH.H2Si.Zr/c1-2-6-17-13-18(10-9-16(17)5-1)19-11-12-23-21(14-19)15-20-7-3-4-8-22(20)23;2*1-2-4-6-5-3-1;1-2-4-5-3-1;;;;/h1-13H,15H2;2*1-5H;1-3H,4H2;2*1H;1H2;. The molecule has 0 bridgehead atoms. The Morgan fingerprint density at radius 2 is 1.16 bits per heavy atom. The molecule has 0 aromatic heterocycles. The minimum atomic E-state index is -4.55. The average molecular weight is 705 g/mol. The summed E-state index contributed by atoms with van der Waals surface area (Å²) in [5.74, 6) is 0. The first-order valence-electron chi connectivity index (χ1n) is 14.9. The van der Waals surface area contributed by atoms with Crippen LogP contribution in [0.5, 0.6) is 0 Å². The molecule has 0 atom stereocenters. The van der Waals surface area contributed by atoms with Crippen LogP contribution in [0.2, 0.25) is 0 Å². The van der Waals surface area contributed by atoms with Gasteiger partial charge >= 0.3 is 252 Å². The summed E-state index contributed by atoms with van der Waals surface area (Å²) in [5, 5.41) is 2.58. The van der Waals surface area contributed by atoms with Gasteiger partial charge < -0.3 is 0 Å². The summed E-state index contributed by atoms with van der Waals surface area (Å²) in [7, 11) is 0. The van der Waals surface area contributed by atoms with Crippen molar-refractivity contribution in [1.29, 1.82) is 0 Å². The molecule has 0 fully saturated rings. The Bertz CT molecular complexity index is 2100. The normalized spacial score (nSPS) is 13.4. The second-order valence-electron chi connectivity index (χ2n) is 11.9. The number of allylic oxidation sites excluding steroid dienone is 4. The summed E-state index contributed by atoms with van der Waals surface area (Å²) in [5.41, 5.74) is 8.49. The molecule has 4 heteroatoms. The van der Waals surface area contributed by atoms with Gasteiger partial charge in [-0.25, -0.2) is 0 Å². The molecule has 0 amide bonds. The van der Waals surface area contributed by atoms with Gasteiger partial charge in [0.1, 0.15) is 0 Å². The Balaban J connectivity index is 0.00000171. The Morgan fingerprint density at radius 3 is 1.84 bits per heavy atom. The van der Waals surface area contributed by atoms with E-state index in [9.17, 15) is 0 Å². The van der Waals surface area contributed by atoms with Crippen molar-refractivity contribution < 1.29 is 17.4 Å². The van der Waals surface area contributed by atoms with Gasteiger partial charge in [-0.1, -0.05) is 0 Å². The maximum atomic E-state index is 2.48. The molecule has 6 aromatic rings. The van der Waals surface area contributed by atoms with Gasteiger partial charge in [0.05, 0.1) is 0 Å². The fraction of sp³-hybridized carbons (Fsp3) is 0.0500. The molecule has 0 heterocycles. The van der Waals surface area contributed by atoms with Crippen molar-refractivity contribution in [3.8, 4) is 22.3 Å². The Kier molecular flexibility index (Phi) is 8.33. The van der Waals surface area contributed by atoms with Crippen molar-refractivity contribution in [1.82, 2.24) is 0 Å². The van der Waals surface area contributed by atoms with Crippen molar-refractivity contribution in [2.24, 2.45) is 0 Å². The Morgan fingerprint density at radius 1 is 0.545 bits per heavy atom. The van der Waals surface area contributed by atoms with E-state index in [0.29, 0.717) is 0 Å². The summed E-state index contributed by atoms with van der Waals surface area (Å²) < 4.78 is 6.28. The van der Waals surface area contributed by atoms with Gasteiger partial charge in [0.15, 0.2) is 0 Å². The van der Waals surface area contributed by atoms with Gasteiger partial charge in [-0.15, -0.1) is 24.8 Å². The Labute approximate surface area is 274 Å². The van der Waals surface area contributed by atoms with Gasteiger partial charge in [0.2, 0.25) is 0 Å². The fourth-order valence-electron chi connectivity index (χ4n) is 7.89. The molecule has 0 saturated carbocycles. The number of rotatable bonds is 5. The zero-order valence-electron chi connectivity index (χ0n) is 24.4. The van der Waals surface area contributed by atoms with Crippen molar-refractivity contribution in [3.63, 3.8) is 0 Å². The van der Waals surface area contributed by atoms with Crippen molar-refractivity contribution >= 4 is 52.3 Å². The molecule has 2 aliphatic carbocycles. The summed E-state index contributed by atoms with van der Waals surface area (Å²) in [6, 6.07) is 52.9. The van der Waals surface area contributed by atoms with Crippen molar-refractivity contribution in [2.45, 2.75) is 12.8 Å². The van der Waals surface area contributed by atoms with E-state index in [1.54, 1.807) is 6.55 Å². The predicted octanol–water partition coefficient (Wildman–Crippen LogP) is 8.28. The number of fused-ring (bicyclic) bond motifs is 4. The maximum absolute atomic E-state index is 4.55. The van der Waals surface area contributed by atoms with Crippen LogP contribution in [0, 0.1) is 0 Å². The van der Waals surface area contributed by atoms with E-state index in [1.807, 2.05) is 0 Å². The second-order valence-corrected chi connectivity index (χ2v) is 33.1. The number of benzene rings is 6. The van der Waals surface area contributed by atoms with Crippen LogP contribution in [0.1, 0.15) is 17.5 Å². The van der Waals surface area contributed by atoms with Crippen LogP contribution in [0.15, 0.2) is 161 Å². The number of halogens is 2. The zero-order valence-corrected chi connectivity index (χ0v) is 30.0. The molecule has 0 unspecified atom stereocenters. The SMILES string of the molecule is Cl.Cl.[SiH2]=[Zr]([C]1=CC=CC1)([c]1ccccc1)([c]1ccccc1)[c]1c(-c2ccc3ccccc3c2)ccc2c1Cc1ccccc1-2. The van der Waals surface area contributed by atoms with Crippen LogP contribution < -0.4 is 9.81 Å². The van der Waals surface area contributed by atoms with Crippen molar-refractivity contribution in [2.75, 3.05) is 0 Å². The molecule has 44 heavy (non-hydrogen) atoms. The number of hydrogen-bond acceptors (Lipinski definition) is 0. The van der Waals surface area contributed by atoms with Crippen LogP contribution in [-0.4, -0.2) is 6.88 Å². The topological polar surface area (TPSA) is 0 Å². The molecule has 0 nitrogen and oxygen atoms in total. The zero-order chi connectivity index (χ0) is 28.2. The van der Waals surface area contributed by atoms with Gasteiger partial charge in [-0.3, -0.25) is 0 Å². The Hall–Kier alpha value is -3.26. The third kappa shape index (κ3) is 4.42. The van der Waals surface area contributed by atoms with E-state index in [1.165, 1.54) is 50.7 Å². The first-order valence-corrected chi connectivity index (χ1v) is 25.7. The first kappa shape index (κ1) is 30.8. The van der Waals surface area contributed by atoms with E-state index in [0.717, 1.165) is 12.8 Å². The molecule has 0 saturated heterocycles. The van der Waals surface area contributed by atoms with E-state index >= 15 is 0 Å². The molecule has 0 N–H and O–H groups in total. The summed E-state index contributed by atoms with van der Waals surface area (Å²) in [6.45, 7) is 2.39. The fourth-order valence-corrected chi connectivity index (χ4v) is 30.8. The van der Waals surface area contributed by atoms with Gasteiger partial charge in [-0.2, -0.15) is 0 Å². The van der Waals surface area contributed by atoms with Gasteiger partial charge in [-0.05, 0) is 0 Å². The van der Waals surface area contributed by atoms with Crippen LogP contribution >= 0.6 is 24.8 Å². The van der Waals surface area contributed by atoms with Gasteiger partial charge in [0.25, 0.3) is 0 Å². The molecular weight excluding hydrogens is 671 g/mol. The number of hydrogen-bond donors (Lipinski definition) is 0. The van der Waals surface area contributed by atoms with Gasteiger partial charge in [0, 0.05) is 0 Å². The summed E-state index contributed by atoms with van der Waals surface area (Å²) in [6.07, 6.45) is 9.13. The molecule has 8 rings (SSSR count). The molecule has 0 spiro atoms. The third-order valence-corrected chi connectivity index (χ3v) is 35.9. The quantitative estimate of drug-likeness (QED) is 0.158. The molecular formula is C40H34Cl2SiZr.